The van der Waals surface area contributed by atoms with Gasteiger partial charge < -0.3 is 14.3 Å². The van der Waals surface area contributed by atoms with Crippen molar-refractivity contribution in [3.63, 3.8) is 0 Å². The van der Waals surface area contributed by atoms with E-state index in [0.717, 1.165) is 17.0 Å². The SMILES string of the molecule is Cc1cc(=O)[nH]c(S[C@@H](C)C(=O)N(C)Cc2c(C)nc3ccccn23)n1. The van der Waals surface area contributed by atoms with Crippen LogP contribution in [0.25, 0.3) is 5.65 Å². The number of hydrogen-bond donors (Lipinski definition) is 1. The number of rotatable bonds is 5. The number of carbonyl (C=O) groups excluding carboxylic acids is 1. The molecule has 0 radical (unpaired) electrons. The van der Waals surface area contributed by atoms with Gasteiger partial charge in [-0.1, -0.05) is 17.8 Å². The Balaban J connectivity index is 1.74. The highest BCUT2D eigenvalue weighted by Crippen LogP contribution is 2.21. The molecular formula is C18H21N5O2S. The third kappa shape index (κ3) is 3.80. The van der Waals surface area contributed by atoms with Crippen molar-refractivity contribution in [3.05, 3.63) is 57.9 Å². The molecule has 0 spiro atoms. The molecule has 136 valence electrons. The first-order valence-electron chi connectivity index (χ1n) is 8.27. The molecule has 1 N–H and O–H groups in total. The number of nitrogens with one attached hydrogen (secondary N) is 1. The van der Waals surface area contributed by atoms with Crippen molar-refractivity contribution in [1.82, 2.24) is 24.3 Å². The molecule has 7 nitrogen and oxygen atoms in total. The topological polar surface area (TPSA) is 83.4 Å². The lowest BCUT2D eigenvalue weighted by molar-refractivity contribution is -0.129. The Labute approximate surface area is 155 Å². The summed E-state index contributed by atoms with van der Waals surface area (Å²) in [6, 6.07) is 7.25. The first kappa shape index (κ1) is 18.2. The van der Waals surface area contributed by atoms with Crippen LogP contribution < -0.4 is 5.56 Å². The average molecular weight is 371 g/mol. The summed E-state index contributed by atoms with van der Waals surface area (Å²) in [6.07, 6.45) is 1.95. The monoisotopic (exact) mass is 371 g/mol. The van der Waals surface area contributed by atoms with Crippen LogP contribution in [-0.2, 0) is 11.3 Å². The standard InChI is InChI=1S/C18H21N5O2S/c1-11-9-16(24)21-18(19-11)26-13(3)17(25)22(4)10-14-12(2)20-15-7-5-6-8-23(14)15/h5-9,13H,10H2,1-4H3,(H,19,21,24)/t13-/m0/s1. The second-order valence-corrected chi connectivity index (χ2v) is 7.55. The molecule has 3 rings (SSSR count). The number of imidazole rings is 1. The summed E-state index contributed by atoms with van der Waals surface area (Å²) in [4.78, 5) is 37.4. The third-order valence-electron chi connectivity index (χ3n) is 4.08. The predicted molar refractivity (Wildman–Crippen MR) is 101 cm³/mol. The lowest BCUT2D eigenvalue weighted by Gasteiger charge is -2.21. The highest BCUT2D eigenvalue weighted by molar-refractivity contribution is 8.00. The number of fused-ring (bicyclic) bond motifs is 1. The number of pyridine rings is 1. The normalized spacial score (nSPS) is 12.3. The Bertz CT molecular complexity index is 1010. The van der Waals surface area contributed by atoms with Crippen molar-refractivity contribution in [3.8, 4) is 0 Å². The number of aromatic nitrogens is 4. The average Bonchev–Trinajstić information content (AvgIpc) is 2.89. The van der Waals surface area contributed by atoms with E-state index in [-0.39, 0.29) is 16.7 Å². The fourth-order valence-corrected chi connectivity index (χ4v) is 3.76. The van der Waals surface area contributed by atoms with E-state index in [1.807, 2.05) is 42.6 Å². The molecule has 0 bridgehead atoms. The molecule has 0 unspecified atom stereocenters. The van der Waals surface area contributed by atoms with E-state index in [4.69, 9.17) is 0 Å². The van der Waals surface area contributed by atoms with Crippen molar-refractivity contribution in [2.75, 3.05) is 7.05 Å². The molecule has 3 aromatic rings. The zero-order valence-corrected chi connectivity index (χ0v) is 16.0. The molecule has 0 aromatic carbocycles. The maximum Gasteiger partial charge on any atom is 0.251 e. The Morgan fingerprint density at radius 2 is 2.12 bits per heavy atom. The molecule has 8 heteroatoms. The first-order chi connectivity index (χ1) is 12.3. The number of aromatic amines is 1. The van der Waals surface area contributed by atoms with Gasteiger partial charge >= 0.3 is 0 Å². The van der Waals surface area contributed by atoms with Crippen molar-refractivity contribution in [1.29, 1.82) is 0 Å². The lowest BCUT2D eigenvalue weighted by Crippen LogP contribution is -2.33. The second kappa shape index (κ2) is 7.33. The lowest BCUT2D eigenvalue weighted by atomic mass is 10.3. The summed E-state index contributed by atoms with van der Waals surface area (Å²) in [5.41, 5.74) is 3.17. The van der Waals surface area contributed by atoms with E-state index in [0.29, 0.717) is 17.4 Å². The summed E-state index contributed by atoms with van der Waals surface area (Å²) in [5.74, 6) is -0.0376. The quantitative estimate of drug-likeness (QED) is 0.549. The van der Waals surface area contributed by atoms with Gasteiger partial charge in [-0.3, -0.25) is 9.59 Å². The highest BCUT2D eigenvalue weighted by Gasteiger charge is 2.21. The van der Waals surface area contributed by atoms with E-state index in [2.05, 4.69) is 15.0 Å². The minimum atomic E-state index is -0.371. The minimum absolute atomic E-state index is 0.0376. The van der Waals surface area contributed by atoms with Crippen LogP contribution in [0, 0.1) is 13.8 Å². The van der Waals surface area contributed by atoms with Gasteiger partial charge in [-0.2, -0.15) is 0 Å². The molecule has 26 heavy (non-hydrogen) atoms. The van der Waals surface area contributed by atoms with Gasteiger partial charge in [0.1, 0.15) is 5.65 Å². The van der Waals surface area contributed by atoms with Crippen LogP contribution in [0.1, 0.15) is 24.0 Å². The molecule has 0 fully saturated rings. The molecule has 1 amide bonds. The predicted octanol–water partition coefficient (Wildman–Crippen LogP) is 2.17. The number of hydrogen-bond acceptors (Lipinski definition) is 5. The first-order valence-corrected chi connectivity index (χ1v) is 9.15. The summed E-state index contributed by atoms with van der Waals surface area (Å²) < 4.78 is 2.00. The fraction of sp³-hybridized carbons (Fsp3) is 0.333. The molecule has 3 aromatic heterocycles. The van der Waals surface area contributed by atoms with Crippen LogP contribution >= 0.6 is 11.8 Å². The number of aryl methyl sites for hydroxylation is 2. The van der Waals surface area contributed by atoms with Crippen LogP contribution in [0.3, 0.4) is 0 Å². The van der Waals surface area contributed by atoms with Crippen molar-refractivity contribution >= 4 is 23.3 Å². The maximum atomic E-state index is 12.7. The molecular weight excluding hydrogens is 350 g/mol. The zero-order chi connectivity index (χ0) is 18.8. The number of nitrogens with zero attached hydrogens (tertiary/aromatic N) is 4. The van der Waals surface area contributed by atoms with Gasteiger partial charge in [0.05, 0.1) is 23.2 Å². The van der Waals surface area contributed by atoms with E-state index < -0.39 is 0 Å². The number of thioether (sulfide) groups is 1. The molecule has 0 aliphatic carbocycles. The Hall–Kier alpha value is -2.61. The van der Waals surface area contributed by atoms with Gasteiger partial charge in [-0.25, -0.2) is 9.97 Å². The second-order valence-electron chi connectivity index (χ2n) is 6.22. The summed E-state index contributed by atoms with van der Waals surface area (Å²) >= 11 is 1.25. The number of H-pyrrole nitrogens is 1. The van der Waals surface area contributed by atoms with Crippen molar-refractivity contribution in [2.24, 2.45) is 0 Å². The molecule has 0 aliphatic rings. The molecule has 0 saturated heterocycles. The van der Waals surface area contributed by atoms with Crippen LogP contribution in [0.15, 0.2) is 40.4 Å². The van der Waals surface area contributed by atoms with Gasteiger partial charge in [-0.15, -0.1) is 0 Å². The van der Waals surface area contributed by atoms with Crippen LogP contribution in [-0.4, -0.2) is 42.5 Å². The van der Waals surface area contributed by atoms with Crippen LogP contribution in [0.5, 0.6) is 0 Å². The van der Waals surface area contributed by atoms with Crippen LogP contribution in [0.2, 0.25) is 0 Å². The summed E-state index contributed by atoms with van der Waals surface area (Å²) in [6.45, 7) is 5.97. The Morgan fingerprint density at radius 3 is 2.85 bits per heavy atom. The van der Waals surface area contributed by atoms with E-state index in [1.54, 1.807) is 18.9 Å². The Kier molecular flexibility index (Phi) is 5.13. The number of amides is 1. The summed E-state index contributed by atoms with van der Waals surface area (Å²) in [7, 11) is 1.77. The highest BCUT2D eigenvalue weighted by atomic mass is 32.2. The largest absolute Gasteiger partial charge is 0.339 e. The minimum Gasteiger partial charge on any atom is -0.339 e. The molecule has 1 atom stereocenters. The van der Waals surface area contributed by atoms with E-state index in [9.17, 15) is 9.59 Å². The van der Waals surface area contributed by atoms with E-state index in [1.165, 1.54) is 17.8 Å². The smallest absolute Gasteiger partial charge is 0.251 e. The zero-order valence-electron chi connectivity index (χ0n) is 15.2. The van der Waals surface area contributed by atoms with E-state index >= 15 is 0 Å². The van der Waals surface area contributed by atoms with Crippen LogP contribution in [0.4, 0.5) is 0 Å². The molecule has 3 heterocycles. The van der Waals surface area contributed by atoms with Crippen molar-refractivity contribution in [2.45, 2.75) is 37.7 Å². The fourth-order valence-electron chi connectivity index (χ4n) is 2.79. The molecule has 0 saturated carbocycles. The van der Waals surface area contributed by atoms with Gasteiger partial charge in [-0.05, 0) is 32.9 Å². The van der Waals surface area contributed by atoms with Crippen molar-refractivity contribution < 1.29 is 4.79 Å². The molecule has 0 aliphatic heterocycles. The maximum absolute atomic E-state index is 12.7. The van der Waals surface area contributed by atoms with Gasteiger partial charge in [0.2, 0.25) is 5.91 Å². The van der Waals surface area contributed by atoms with Gasteiger partial charge in [0.15, 0.2) is 5.16 Å². The van der Waals surface area contributed by atoms with Gasteiger partial charge in [0.25, 0.3) is 5.56 Å². The summed E-state index contributed by atoms with van der Waals surface area (Å²) in [5, 5.41) is 0.0830. The van der Waals surface area contributed by atoms with Gasteiger partial charge in [0, 0.05) is 25.0 Å². The Morgan fingerprint density at radius 1 is 1.35 bits per heavy atom. The third-order valence-corrected chi connectivity index (χ3v) is 5.05. The number of carbonyl (C=O) groups is 1.